The van der Waals surface area contributed by atoms with Crippen molar-refractivity contribution < 1.29 is 9.90 Å². The molecule has 0 aliphatic heterocycles. The fourth-order valence-electron chi connectivity index (χ4n) is 1.99. The molecule has 0 spiro atoms. The quantitative estimate of drug-likeness (QED) is 0.706. The van der Waals surface area contributed by atoms with Crippen molar-refractivity contribution in [1.82, 2.24) is 15.5 Å². The number of aryl methyl sites for hydroxylation is 1. The van der Waals surface area contributed by atoms with Gasteiger partial charge in [-0.25, -0.2) is 5.10 Å². The van der Waals surface area contributed by atoms with Crippen LogP contribution in [0.1, 0.15) is 40.9 Å². The highest BCUT2D eigenvalue weighted by Crippen LogP contribution is 2.30. The lowest BCUT2D eigenvalue weighted by molar-refractivity contribution is -0.0300. The van der Waals surface area contributed by atoms with Gasteiger partial charge in [0.1, 0.15) is 5.56 Å². The summed E-state index contributed by atoms with van der Waals surface area (Å²) in [6.07, 6.45) is 2.36. The van der Waals surface area contributed by atoms with E-state index < -0.39 is 17.1 Å². The molecule has 1 aromatic rings. The summed E-state index contributed by atoms with van der Waals surface area (Å²) in [5, 5.41) is 18.6. The van der Waals surface area contributed by atoms with Crippen LogP contribution < -0.4 is 10.9 Å². The molecule has 6 nitrogen and oxygen atoms in total. The first-order valence-corrected chi connectivity index (χ1v) is 5.99. The Hall–Kier alpha value is -1.69. The van der Waals surface area contributed by atoms with Gasteiger partial charge in [-0.15, -0.1) is 0 Å². The van der Waals surface area contributed by atoms with Crippen molar-refractivity contribution in [1.29, 1.82) is 0 Å². The molecule has 0 atom stereocenters. The molecule has 0 radical (unpaired) electrons. The molecular formula is C12H17N3O3. The number of carbonyl (C=O) groups is 1. The highest BCUT2D eigenvalue weighted by Gasteiger charge is 2.34. The third-order valence-corrected chi connectivity index (χ3v) is 3.56. The Bertz CT molecular complexity index is 532. The summed E-state index contributed by atoms with van der Waals surface area (Å²) in [4.78, 5) is 23.6. The average Bonchev–Trinajstić information content (AvgIpc) is 2.29. The second kappa shape index (κ2) is 4.53. The molecule has 1 aliphatic carbocycles. The number of rotatable bonds is 3. The van der Waals surface area contributed by atoms with Gasteiger partial charge in [0.05, 0.1) is 11.3 Å². The highest BCUT2D eigenvalue weighted by molar-refractivity contribution is 5.95. The number of hydrogen-bond acceptors (Lipinski definition) is 4. The van der Waals surface area contributed by atoms with Gasteiger partial charge in [-0.3, -0.25) is 9.59 Å². The summed E-state index contributed by atoms with van der Waals surface area (Å²) in [5.74, 6) is -0.459. The zero-order valence-electron chi connectivity index (χ0n) is 10.5. The van der Waals surface area contributed by atoms with E-state index in [0.29, 0.717) is 24.1 Å². The van der Waals surface area contributed by atoms with Gasteiger partial charge < -0.3 is 10.4 Å². The molecule has 1 saturated carbocycles. The van der Waals surface area contributed by atoms with Gasteiger partial charge in [0, 0.05) is 6.54 Å². The van der Waals surface area contributed by atoms with Crippen LogP contribution in [-0.2, 0) is 0 Å². The van der Waals surface area contributed by atoms with Crippen molar-refractivity contribution in [2.24, 2.45) is 0 Å². The molecule has 0 unspecified atom stereocenters. The van der Waals surface area contributed by atoms with Gasteiger partial charge in [-0.1, -0.05) is 0 Å². The van der Waals surface area contributed by atoms with Crippen molar-refractivity contribution in [2.75, 3.05) is 6.54 Å². The average molecular weight is 251 g/mol. The van der Waals surface area contributed by atoms with Crippen LogP contribution in [0.15, 0.2) is 4.79 Å². The van der Waals surface area contributed by atoms with Crippen molar-refractivity contribution >= 4 is 5.91 Å². The molecule has 0 saturated heterocycles. The molecule has 1 aliphatic rings. The molecule has 18 heavy (non-hydrogen) atoms. The maximum Gasteiger partial charge on any atom is 0.277 e. The van der Waals surface area contributed by atoms with Crippen LogP contribution in [-0.4, -0.2) is 33.4 Å². The summed E-state index contributed by atoms with van der Waals surface area (Å²) < 4.78 is 0. The lowest BCUT2D eigenvalue weighted by Crippen LogP contribution is -2.48. The van der Waals surface area contributed by atoms with Gasteiger partial charge in [0.15, 0.2) is 0 Å². The Balaban J connectivity index is 2.14. The van der Waals surface area contributed by atoms with Crippen LogP contribution in [0.25, 0.3) is 0 Å². The van der Waals surface area contributed by atoms with Crippen molar-refractivity contribution in [3.63, 3.8) is 0 Å². The third-order valence-electron chi connectivity index (χ3n) is 3.56. The molecule has 1 aromatic heterocycles. The Kier molecular flexibility index (Phi) is 3.21. The second-order valence-corrected chi connectivity index (χ2v) is 4.90. The first-order chi connectivity index (χ1) is 8.43. The van der Waals surface area contributed by atoms with Crippen LogP contribution in [0.5, 0.6) is 0 Å². The Morgan fingerprint density at radius 1 is 1.50 bits per heavy atom. The Morgan fingerprint density at radius 3 is 2.72 bits per heavy atom. The molecule has 0 bridgehead atoms. The van der Waals surface area contributed by atoms with E-state index in [1.54, 1.807) is 13.8 Å². The van der Waals surface area contributed by atoms with E-state index in [-0.39, 0.29) is 12.1 Å². The minimum atomic E-state index is -0.793. The molecule has 6 heteroatoms. The normalized spacial score (nSPS) is 17.1. The SMILES string of the molecule is Cc1n[nH]c(=O)c(C(=O)NCC2(O)CCC2)c1C. The smallest absolute Gasteiger partial charge is 0.277 e. The third kappa shape index (κ3) is 2.28. The number of aliphatic hydroxyl groups is 1. The van der Waals surface area contributed by atoms with E-state index in [1.807, 2.05) is 0 Å². The van der Waals surface area contributed by atoms with Crippen LogP contribution >= 0.6 is 0 Å². The zero-order chi connectivity index (χ0) is 13.3. The largest absolute Gasteiger partial charge is 0.388 e. The Labute approximate surface area is 104 Å². The predicted molar refractivity (Wildman–Crippen MR) is 65.5 cm³/mol. The topological polar surface area (TPSA) is 95.1 Å². The fraction of sp³-hybridized carbons (Fsp3) is 0.583. The lowest BCUT2D eigenvalue weighted by Gasteiger charge is -2.36. The Morgan fingerprint density at radius 2 is 2.17 bits per heavy atom. The molecular weight excluding hydrogens is 234 g/mol. The zero-order valence-corrected chi connectivity index (χ0v) is 10.5. The van der Waals surface area contributed by atoms with Gasteiger partial charge in [0.25, 0.3) is 11.5 Å². The first-order valence-electron chi connectivity index (χ1n) is 5.99. The van der Waals surface area contributed by atoms with E-state index in [1.165, 1.54) is 0 Å². The first kappa shape index (κ1) is 12.8. The number of H-pyrrole nitrogens is 1. The number of carbonyl (C=O) groups excluding carboxylic acids is 1. The molecule has 1 heterocycles. The van der Waals surface area contributed by atoms with E-state index in [9.17, 15) is 14.7 Å². The van der Waals surface area contributed by atoms with Crippen LogP contribution in [0.3, 0.4) is 0 Å². The number of hydrogen-bond donors (Lipinski definition) is 3. The number of amides is 1. The van der Waals surface area contributed by atoms with Gasteiger partial charge in [-0.2, -0.15) is 5.10 Å². The van der Waals surface area contributed by atoms with E-state index in [0.717, 1.165) is 6.42 Å². The minimum Gasteiger partial charge on any atom is -0.388 e. The van der Waals surface area contributed by atoms with Gasteiger partial charge in [-0.05, 0) is 38.7 Å². The predicted octanol–water partition coefficient (Wildman–Crippen LogP) is 0.0315. The van der Waals surface area contributed by atoms with E-state index >= 15 is 0 Å². The number of aromatic amines is 1. The lowest BCUT2D eigenvalue weighted by atomic mass is 9.80. The standard InChI is InChI=1S/C12H17N3O3/c1-7-8(2)14-15-11(17)9(7)10(16)13-6-12(18)4-3-5-12/h18H,3-6H2,1-2H3,(H,13,16)(H,15,17). The molecule has 2 rings (SSSR count). The second-order valence-electron chi connectivity index (χ2n) is 4.90. The monoisotopic (exact) mass is 251 g/mol. The summed E-state index contributed by atoms with van der Waals surface area (Å²) in [5.41, 5.74) is -0.0427. The number of nitrogens with zero attached hydrogens (tertiary/aromatic N) is 1. The summed E-state index contributed by atoms with van der Waals surface area (Å²) in [6, 6.07) is 0. The molecule has 98 valence electrons. The van der Waals surface area contributed by atoms with E-state index in [4.69, 9.17) is 0 Å². The summed E-state index contributed by atoms with van der Waals surface area (Å²) in [6.45, 7) is 3.60. The molecule has 1 fully saturated rings. The van der Waals surface area contributed by atoms with Crippen molar-refractivity contribution in [3.05, 3.63) is 27.2 Å². The summed E-state index contributed by atoms with van der Waals surface area (Å²) in [7, 11) is 0. The van der Waals surface area contributed by atoms with E-state index in [2.05, 4.69) is 15.5 Å². The van der Waals surface area contributed by atoms with Gasteiger partial charge >= 0.3 is 0 Å². The highest BCUT2D eigenvalue weighted by atomic mass is 16.3. The summed E-state index contributed by atoms with van der Waals surface area (Å²) >= 11 is 0. The number of aromatic nitrogens is 2. The van der Waals surface area contributed by atoms with Crippen molar-refractivity contribution in [2.45, 2.75) is 38.7 Å². The number of nitrogens with one attached hydrogen (secondary N) is 2. The van der Waals surface area contributed by atoms with Gasteiger partial charge in [0.2, 0.25) is 0 Å². The van der Waals surface area contributed by atoms with Crippen LogP contribution in [0.2, 0.25) is 0 Å². The maximum atomic E-state index is 12.0. The minimum absolute atomic E-state index is 0.0745. The maximum absolute atomic E-state index is 12.0. The van der Waals surface area contributed by atoms with Crippen LogP contribution in [0.4, 0.5) is 0 Å². The van der Waals surface area contributed by atoms with Crippen molar-refractivity contribution in [3.8, 4) is 0 Å². The molecule has 3 N–H and O–H groups in total. The molecule has 1 amide bonds. The molecule has 0 aromatic carbocycles. The fourth-order valence-corrected chi connectivity index (χ4v) is 1.99. The van der Waals surface area contributed by atoms with Crippen LogP contribution in [0, 0.1) is 13.8 Å².